The predicted molar refractivity (Wildman–Crippen MR) is 327 cm³/mol. The fourth-order valence-electron chi connectivity index (χ4n) is 13.5. The number of carbonyl (C=O) groups is 2. The van der Waals surface area contributed by atoms with E-state index in [4.69, 9.17) is 5.73 Å². The van der Waals surface area contributed by atoms with Gasteiger partial charge in [0.1, 0.15) is 5.41 Å². The molecule has 0 bridgehead atoms. The van der Waals surface area contributed by atoms with Gasteiger partial charge in [0, 0.05) is 24.7 Å². The van der Waals surface area contributed by atoms with Crippen molar-refractivity contribution in [1.82, 2.24) is 4.90 Å². The van der Waals surface area contributed by atoms with Crippen LogP contribution < -0.4 is 5.73 Å². The number of benzene rings is 12. The van der Waals surface area contributed by atoms with Gasteiger partial charge in [0.2, 0.25) is 11.8 Å². The average molecular weight is 1040 g/mol. The molecule has 392 valence electrons. The van der Waals surface area contributed by atoms with Crippen LogP contribution in [-0.4, -0.2) is 51.2 Å². The molecule has 0 heterocycles. The molecular formula is C74H62N2O4. The van der Waals surface area contributed by atoms with Crippen LogP contribution in [0.3, 0.4) is 0 Å². The Bertz CT molecular complexity index is 4070. The standard InChI is InChI=1S/C74H62N2O4/c75-70(77)72(40-15-41-72)71(78)76(48-73(79,46-50-32-34-52-16-1-5-22-58(52)42-50)68(62-38-36-54-18-3-7-24-60(54)44-62)66-30-13-26-56-20-9-11-28-64(56)66)49-74(80,47-51-33-35-53-17-2-6-23-59(53)43-51)69(63-39-37-55-19-4-8-25-61(55)45-63)67-31-14-27-57-21-10-12-29-65(57)67/h1-14,16-39,42-45,68-69,79-80H,15,40-41,46-49H2,(H2,75,77). The SMILES string of the molecule is NC(=O)C1(C(=O)N(CC(O)(Cc2ccc3ccccc3c2)C(c2ccc3ccccc3c2)c2cccc3ccccc23)CC(O)(Cc2ccc3ccccc3c2)C(c2ccc3ccccc3c2)c2cccc3ccccc23)CCC1. The van der Waals surface area contributed by atoms with Crippen molar-refractivity contribution in [2.75, 3.05) is 13.1 Å². The van der Waals surface area contributed by atoms with Gasteiger partial charge in [-0.05, 0) is 111 Å². The van der Waals surface area contributed by atoms with Gasteiger partial charge < -0.3 is 20.8 Å². The number of hydrogen-bond donors (Lipinski definition) is 3. The summed E-state index contributed by atoms with van der Waals surface area (Å²) in [6.07, 6.45) is 1.37. The third-order valence-electron chi connectivity index (χ3n) is 17.5. The minimum Gasteiger partial charge on any atom is -0.387 e. The molecule has 6 nitrogen and oxygen atoms in total. The molecule has 4 unspecified atom stereocenters. The molecule has 4 N–H and O–H groups in total. The first-order valence-corrected chi connectivity index (χ1v) is 28.0. The zero-order chi connectivity index (χ0) is 54.4. The molecule has 12 aromatic carbocycles. The Kier molecular flexibility index (Phi) is 13.1. The molecule has 0 aliphatic heterocycles. The molecule has 1 fully saturated rings. The Morgan fingerprint density at radius 2 is 0.750 bits per heavy atom. The van der Waals surface area contributed by atoms with E-state index in [9.17, 15) is 15.0 Å². The Balaban J connectivity index is 1.07. The molecule has 6 heteroatoms. The second kappa shape index (κ2) is 20.7. The largest absolute Gasteiger partial charge is 0.387 e. The molecule has 2 amide bonds. The third kappa shape index (κ3) is 9.34. The van der Waals surface area contributed by atoms with Crippen LogP contribution in [0.25, 0.3) is 64.6 Å². The van der Waals surface area contributed by atoms with E-state index < -0.39 is 40.3 Å². The van der Waals surface area contributed by atoms with Gasteiger partial charge in [-0.15, -0.1) is 0 Å². The van der Waals surface area contributed by atoms with Crippen LogP contribution in [0.4, 0.5) is 0 Å². The van der Waals surface area contributed by atoms with Crippen LogP contribution in [0.5, 0.6) is 0 Å². The summed E-state index contributed by atoms with van der Waals surface area (Å²) in [5.74, 6) is -2.70. The fourth-order valence-corrected chi connectivity index (χ4v) is 13.5. The minimum atomic E-state index is -1.81. The van der Waals surface area contributed by atoms with Crippen LogP contribution in [0.1, 0.15) is 64.5 Å². The molecule has 0 aromatic heterocycles. The molecular weight excluding hydrogens is 981 g/mol. The summed E-state index contributed by atoms with van der Waals surface area (Å²) < 4.78 is 0. The van der Waals surface area contributed by atoms with Gasteiger partial charge in [0.05, 0.1) is 24.3 Å². The van der Waals surface area contributed by atoms with Crippen molar-refractivity contribution >= 4 is 76.4 Å². The Morgan fingerprint density at radius 3 is 1.12 bits per heavy atom. The smallest absolute Gasteiger partial charge is 0.238 e. The van der Waals surface area contributed by atoms with E-state index >= 15 is 4.79 Å². The summed E-state index contributed by atoms with van der Waals surface area (Å²) in [5, 5.41) is 42.1. The maximum absolute atomic E-state index is 16.5. The molecule has 12 aromatic rings. The van der Waals surface area contributed by atoms with Crippen LogP contribution in [0.15, 0.2) is 255 Å². The van der Waals surface area contributed by atoms with Gasteiger partial charge >= 0.3 is 0 Å². The first kappa shape index (κ1) is 50.6. The number of nitrogens with zero attached hydrogens (tertiary/aromatic N) is 1. The highest BCUT2D eigenvalue weighted by Crippen LogP contribution is 2.48. The maximum atomic E-state index is 16.5. The molecule has 1 saturated carbocycles. The summed E-state index contributed by atoms with van der Waals surface area (Å²) in [5.41, 5.74) is 6.52. The second-order valence-corrected chi connectivity index (χ2v) is 22.6. The Morgan fingerprint density at radius 1 is 0.412 bits per heavy atom. The first-order valence-electron chi connectivity index (χ1n) is 28.0. The topological polar surface area (TPSA) is 104 Å². The summed E-state index contributed by atoms with van der Waals surface area (Å²) in [4.78, 5) is 32.3. The molecule has 80 heavy (non-hydrogen) atoms. The quantitative estimate of drug-likeness (QED) is 0.0839. The van der Waals surface area contributed by atoms with Crippen molar-refractivity contribution in [3.63, 3.8) is 0 Å². The number of aliphatic hydroxyl groups is 2. The van der Waals surface area contributed by atoms with Crippen LogP contribution in [-0.2, 0) is 22.4 Å². The van der Waals surface area contributed by atoms with Crippen molar-refractivity contribution in [1.29, 1.82) is 0 Å². The molecule has 1 aliphatic rings. The summed E-state index contributed by atoms with van der Waals surface area (Å²) in [6, 6.07) is 87.3. The van der Waals surface area contributed by atoms with Gasteiger partial charge in [-0.3, -0.25) is 9.59 Å². The van der Waals surface area contributed by atoms with Crippen LogP contribution >= 0.6 is 0 Å². The van der Waals surface area contributed by atoms with E-state index in [1.165, 1.54) is 0 Å². The number of fused-ring (bicyclic) bond motifs is 6. The monoisotopic (exact) mass is 1040 g/mol. The molecule has 0 saturated heterocycles. The van der Waals surface area contributed by atoms with E-state index in [-0.39, 0.29) is 38.8 Å². The number of nitrogens with two attached hydrogens (primary N) is 1. The van der Waals surface area contributed by atoms with Crippen molar-refractivity contribution < 1.29 is 19.8 Å². The Hall–Kier alpha value is -8.94. The number of rotatable bonds is 16. The van der Waals surface area contributed by atoms with Crippen molar-refractivity contribution in [3.05, 3.63) is 288 Å². The highest BCUT2D eigenvalue weighted by molar-refractivity contribution is 6.05. The highest BCUT2D eigenvalue weighted by atomic mass is 16.3. The molecule has 1 aliphatic carbocycles. The van der Waals surface area contributed by atoms with Crippen LogP contribution in [0.2, 0.25) is 0 Å². The molecule has 13 rings (SSSR count). The van der Waals surface area contributed by atoms with Crippen LogP contribution in [0, 0.1) is 5.41 Å². The highest BCUT2D eigenvalue weighted by Gasteiger charge is 2.55. The molecule has 0 spiro atoms. The van der Waals surface area contributed by atoms with E-state index in [1.54, 1.807) is 4.90 Å². The third-order valence-corrected chi connectivity index (χ3v) is 17.5. The van der Waals surface area contributed by atoms with Gasteiger partial charge in [-0.25, -0.2) is 0 Å². The van der Waals surface area contributed by atoms with Crippen molar-refractivity contribution in [2.24, 2.45) is 11.1 Å². The molecule has 4 atom stereocenters. The lowest BCUT2D eigenvalue weighted by Gasteiger charge is -2.49. The zero-order valence-electron chi connectivity index (χ0n) is 44.6. The lowest BCUT2D eigenvalue weighted by Crippen LogP contribution is -2.62. The van der Waals surface area contributed by atoms with E-state index in [0.29, 0.717) is 6.42 Å². The average Bonchev–Trinajstić information content (AvgIpc) is 3.48. The predicted octanol–water partition coefficient (Wildman–Crippen LogP) is 15.0. The summed E-state index contributed by atoms with van der Waals surface area (Å²) in [7, 11) is 0. The normalized spacial score (nSPS) is 15.5. The van der Waals surface area contributed by atoms with Crippen molar-refractivity contribution in [2.45, 2.75) is 55.1 Å². The fraction of sp³-hybridized carbons (Fsp3) is 0.162. The van der Waals surface area contributed by atoms with E-state index in [2.05, 4.69) is 170 Å². The number of carbonyl (C=O) groups excluding carboxylic acids is 2. The summed E-state index contributed by atoms with van der Waals surface area (Å²) >= 11 is 0. The zero-order valence-corrected chi connectivity index (χ0v) is 44.6. The summed E-state index contributed by atoms with van der Waals surface area (Å²) in [6.45, 7) is -0.539. The van der Waals surface area contributed by atoms with E-state index in [0.717, 1.165) is 98.0 Å². The van der Waals surface area contributed by atoms with Gasteiger partial charge in [-0.1, -0.05) is 261 Å². The minimum absolute atomic E-state index is 0.104. The van der Waals surface area contributed by atoms with Crippen molar-refractivity contribution in [3.8, 4) is 0 Å². The van der Waals surface area contributed by atoms with E-state index in [1.807, 2.05) is 84.9 Å². The maximum Gasteiger partial charge on any atom is 0.238 e. The lowest BCUT2D eigenvalue weighted by atomic mass is 9.66. The van der Waals surface area contributed by atoms with Gasteiger partial charge in [0.25, 0.3) is 0 Å². The van der Waals surface area contributed by atoms with Gasteiger partial charge in [0.15, 0.2) is 0 Å². The first-order chi connectivity index (χ1) is 39.0. The Labute approximate surface area is 466 Å². The number of amides is 2. The molecule has 0 radical (unpaired) electrons. The van der Waals surface area contributed by atoms with Gasteiger partial charge in [-0.2, -0.15) is 0 Å². The number of primary amides is 1. The second-order valence-electron chi connectivity index (χ2n) is 22.6. The number of hydrogen-bond acceptors (Lipinski definition) is 4. The lowest BCUT2D eigenvalue weighted by molar-refractivity contribution is -0.162.